The second-order valence-corrected chi connectivity index (χ2v) is 5.18. The molecule has 1 aromatic carbocycles. The largest absolute Gasteiger partial charge is 0.376 e. The first-order valence-corrected chi connectivity index (χ1v) is 6.61. The molecule has 0 bridgehead atoms. The Morgan fingerprint density at radius 2 is 2.30 bits per heavy atom. The highest BCUT2D eigenvalue weighted by Crippen LogP contribution is 2.26. The molecule has 1 aliphatic rings. The summed E-state index contributed by atoms with van der Waals surface area (Å²) in [7, 11) is 0. The number of ether oxygens (including phenoxy) is 1. The minimum atomic E-state index is -0.427. The molecular formula is C13H20N4O3. The van der Waals surface area contributed by atoms with Gasteiger partial charge in [0, 0.05) is 25.2 Å². The lowest BCUT2D eigenvalue weighted by Gasteiger charge is -2.36. The van der Waals surface area contributed by atoms with Crippen LogP contribution < -0.4 is 11.3 Å². The summed E-state index contributed by atoms with van der Waals surface area (Å²) in [5.41, 5.74) is 3.57. The van der Waals surface area contributed by atoms with E-state index in [0.717, 1.165) is 12.1 Å². The second kappa shape index (κ2) is 6.17. The van der Waals surface area contributed by atoms with E-state index >= 15 is 0 Å². The molecule has 110 valence electrons. The molecule has 7 nitrogen and oxygen atoms in total. The minimum absolute atomic E-state index is 0.000962. The fraction of sp³-hybridized carbons (Fsp3) is 0.538. The smallest absolute Gasteiger partial charge is 0.293 e. The van der Waals surface area contributed by atoms with Gasteiger partial charge in [0.15, 0.2) is 0 Å². The lowest BCUT2D eigenvalue weighted by molar-refractivity contribution is -0.384. The van der Waals surface area contributed by atoms with Gasteiger partial charge in [0.05, 0.1) is 17.6 Å². The van der Waals surface area contributed by atoms with Crippen molar-refractivity contribution >= 4 is 11.4 Å². The van der Waals surface area contributed by atoms with Gasteiger partial charge in [-0.05, 0) is 25.5 Å². The van der Waals surface area contributed by atoms with Crippen LogP contribution in [0.2, 0.25) is 0 Å². The van der Waals surface area contributed by atoms with E-state index in [0.29, 0.717) is 24.9 Å². The van der Waals surface area contributed by atoms with Crippen LogP contribution in [-0.2, 0) is 11.3 Å². The van der Waals surface area contributed by atoms with Crippen molar-refractivity contribution in [3.05, 3.63) is 33.9 Å². The number of hydrogen-bond donors (Lipinski definition) is 2. The average Bonchev–Trinajstić information content (AvgIpc) is 2.42. The third kappa shape index (κ3) is 3.24. The molecule has 0 radical (unpaired) electrons. The summed E-state index contributed by atoms with van der Waals surface area (Å²) in [4.78, 5) is 12.9. The predicted molar refractivity (Wildman–Crippen MR) is 76.2 cm³/mol. The standard InChI is InChI=1S/C13H20N4O3/c1-9-8-20-10(2)6-16(9)7-11-3-4-12(15-14)13(5-11)17(18)19/h3-5,9-10,15H,6-8,14H2,1-2H3. The number of morpholine rings is 1. The maximum Gasteiger partial charge on any atom is 0.293 e. The third-order valence-electron chi connectivity index (χ3n) is 3.54. The zero-order valence-corrected chi connectivity index (χ0v) is 11.7. The van der Waals surface area contributed by atoms with E-state index in [1.54, 1.807) is 12.1 Å². The molecule has 1 saturated heterocycles. The van der Waals surface area contributed by atoms with Crippen LogP contribution >= 0.6 is 0 Å². The van der Waals surface area contributed by atoms with E-state index in [1.165, 1.54) is 0 Å². The van der Waals surface area contributed by atoms with E-state index in [-0.39, 0.29) is 11.8 Å². The Labute approximate surface area is 117 Å². The van der Waals surface area contributed by atoms with Crippen LogP contribution in [0.25, 0.3) is 0 Å². The molecule has 1 heterocycles. The molecule has 0 spiro atoms. The molecule has 2 unspecified atom stereocenters. The summed E-state index contributed by atoms with van der Waals surface area (Å²) in [6.45, 7) is 6.30. The fourth-order valence-corrected chi connectivity index (χ4v) is 2.38. The highest BCUT2D eigenvalue weighted by Gasteiger charge is 2.24. The SMILES string of the molecule is CC1CN(Cc2ccc(NN)c([N+](=O)[O-])c2)C(C)CO1. The zero-order valence-electron chi connectivity index (χ0n) is 11.7. The third-order valence-corrected chi connectivity index (χ3v) is 3.54. The van der Waals surface area contributed by atoms with E-state index in [2.05, 4.69) is 17.2 Å². The Morgan fingerprint density at radius 3 is 2.95 bits per heavy atom. The van der Waals surface area contributed by atoms with Gasteiger partial charge in [0.1, 0.15) is 5.69 Å². The van der Waals surface area contributed by atoms with Gasteiger partial charge in [-0.1, -0.05) is 6.07 Å². The number of nitrogens with one attached hydrogen (secondary N) is 1. The molecule has 1 fully saturated rings. The van der Waals surface area contributed by atoms with E-state index < -0.39 is 4.92 Å². The van der Waals surface area contributed by atoms with Crippen molar-refractivity contribution in [3.63, 3.8) is 0 Å². The van der Waals surface area contributed by atoms with Crippen molar-refractivity contribution < 1.29 is 9.66 Å². The Balaban J connectivity index is 2.16. The number of nitro benzene ring substituents is 1. The van der Waals surface area contributed by atoms with Crippen LogP contribution in [0.3, 0.4) is 0 Å². The van der Waals surface area contributed by atoms with Gasteiger partial charge in [-0.15, -0.1) is 0 Å². The quantitative estimate of drug-likeness (QED) is 0.493. The number of hydrazine groups is 1. The summed E-state index contributed by atoms with van der Waals surface area (Å²) >= 11 is 0. The summed E-state index contributed by atoms with van der Waals surface area (Å²) in [6.07, 6.45) is 0.186. The van der Waals surface area contributed by atoms with Crippen LogP contribution in [0.1, 0.15) is 19.4 Å². The second-order valence-electron chi connectivity index (χ2n) is 5.18. The summed E-state index contributed by atoms with van der Waals surface area (Å²) in [6, 6.07) is 5.37. The van der Waals surface area contributed by atoms with Gasteiger partial charge >= 0.3 is 0 Å². The van der Waals surface area contributed by atoms with Crippen LogP contribution in [0.5, 0.6) is 0 Å². The Bertz CT molecular complexity index is 495. The van der Waals surface area contributed by atoms with Crippen molar-refractivity contribution in [2.24, 2.45) is 5.84 Å². The number of benzene rings is 1. The zero-order chi connectivity index (χ0) is 14.7. The molecule has 0 aliphatic carbocycles. The molecule has 0 saturated carbocycles. The molecule has 1 aliphatic heterocycles. The number of nitrogens with two attached hydrogens (primary N) is 1. The normalized spacial score (nSPS) is 23.6. The van der Waals surface area contributed by atoms with Crippen LogP contribution in [0.15, 0.2) is 18.2 Å². The molecule has 7 heteroatoms. The van der Waals surface area contributed by atoms with E-state index in [1.807, 2.05) is 13.0 Å². The first kappa shape index (κ1) is 14.7. The summed E-state index contributed by atoms with van der Waals surface area (Å²) in [5.74, 6) is 5.28. The number of anilines is 1. The van der Waals surface area contributed by atoms with Gasteiger partial charge in [-0.2, -0.15) is 0 Å². The van der Waals surface area contributed by atoms with Crippen LogP contribution in [-0.4, -0.2) is 35.1 Å². The number of nitro groups is 1. The molecule has 2 atom stereocenters. The maximum atomic E-state index is 11.0. The average molecular weight is 280 g/mol. The number of nitrogen functional groups attached to an aromatic ring is 1. The van der Waals surface area contributed by atoms with Crippen molar-refractivity contribution in [2.75, 3.05) is 18.6 Å². The minimum Gasteiger partial charge on any atom is -0.376 e. The Morgan fingerprint density at radius 1 is 1.55 bits per heavy atom. The first-order valence-electron chi connectivity index (χ1n) is 6.61. The number of nitrogens with zero attached hydrogens (tertiary/aromatic N) is 2. The van der Waals surface area contributed by atoms with Crippen LogP contribution in [0.4, 0.5) is 11.4 Å². The van der Waals surface area contributed by atoms with E-state index in [4.69, 9.17) is 10.6 Å². The lowest BCUT2D eigenvalue weighted by atomic mass is 10.1. The van der Waals surface area contributed by atoms with E-state index in [9.17, 15) is 10.1 Å². The fourth-order valence-electron chi connectivity index (χ4n) is 2.38. The van der Waals surface area contributed by atoms with Gasteiger partial charge < -0.3 is 10.2 Å². The van der Waals surface area contributed by atoms with Gasteiger partial charge in [0.2, 0.25) is 0 Å². The summed E-state index contributed by atoms with van der Waals surface area (Å²) in [5, 5.41) is 11.0. The van der Waals surface area contributed by atoms with Crippen LogP contribution in [0, 0.1) is 10.1 Å². The Hall–Kier alpha value is -1.70. The Kier molecular flexibility index (Phi) is 4.53. The maximum absolute atomic E-state index is 11.0. The highest BCUT2D eigenvalue weighted by atomic mass is 16.6. The van der Waals surface area contributed by atoms with Crippen molar-refractivity contribution in [1.82, 2.24) is 4.90 Å². The lowest BCUT2D eigenvalue weighted by Crippen LogP contribution is -2.46. The molecule has 2 rings (SSSR count). The van der Waals surface area contributed by atoms with Gasteiger partial charge in [0.25, 0.3) is 5.69 Å². The molecule has 3 N–H and O–H groups in total. The van der Waals surface area contributed by atoms with Gasteiger partial charge in [-0.3, -0.25) is 20.9 Å². The first-order chi connectivity index (χ1) is 9.51. The van der Waals surface area contributed by atoms with Crippen molar-refractivity contribution in [3.8, 4) is 0 Å². The topological polar surface area (TPSA) is 93.7 Å². The van der Waals surface area contributed by atoms with Gasteiger partial charge in [-0.25, -0.2) is 0 Å². The number of hydrogen-bond acceptors (Lipinski definition) is 6. The van der Waals surface area contributed by atoms with Crippen molar-refractivity contribution in [2.45, 2.75) is 32.5 Å². The molecular weight excluding hydrogens is 260 g/mol. The molecule has 1 aromatic rings. The molecule has 0 amide bonds. The number of rotatable bonds is 4. The summed E-state index contributed by atoms with van der Waals surface area (Å²) < 4.78 is 5.58. The highest BCUT2D eigenvalue weighted by molar-refractivity contribution is 5.61. The molecule has 0 aromatic heterocycles. The van der Waals surface area contributed by atoms with Crippen molar-refractivity contribution in [1.29, 1.82) is 0 Å². The monoisotopic (exact) mass is 280 g/mol. The molecule has 20 heavy (non-hydrogen) atoms. The predicted octanol–water partition coefficient (Wildman–Crippen LogP) is 1.49.